The Balaban J connectivity index is 1.90. The summed E-state index contributed by atoms with van der Waals surface area (Å²) in [5, 5.41) is 3.84. The van der Waals surface area contributed by atoms with Crippen LogP contribution in [0.4, 0.5) is 0 Å². The maximum Gasteiger partial charge on any atom is 0.244 e. The summed E-state index contributed by atoms with van der Waals surface area (Å²) >= 11 is 0. The van der Waals surface area contributed by atoms with E-state index in [1.54, 1.807) is 13.0 Å². The van der Waals surface area contributed by atoms with Crippen molar-refractivity contribution >= 4 is 22.1 Å². The van der Waals surface area contributed by atoms with Crippen LogP contribution in [0.5, 0.6) is 0 Å². The van der Waals surface area contributed by atoms with Crippen molar-refractivity contribution in [3.63, 3.8) is 0 Å². The lowest BCUT2D eigenvalue weighted by atomic mass is 9.99. The second kappa shape index (κ2) is 6.86. The molecule has 1 aliphatic heterocycles. The van der Waals surface area contributed by atoms with Gasteiger partial charge in [-0.15, -0.1) is 0 Å². The molecule has 1 aromatic heterocycles. The van der Waals surface area contributed by atoms with Crippen molar-refractivity contribution in [2.24, 2.45) is 11.0 Å². The van der Waals surface area contributed by atoms with Crippen LogP contribution in [0.2, 0.25) is 0 Å². The molecule has 1 amide bonds. The van der Waals surface area contributed by atoms with Gasteiger partial charge >= 0.3 is 0 Å². The molecule has 0 radical (unpaired) electrons. The van der Waals surface area contributed by atoms with Crippen LogP contribution in [0.15, 0.2) is 28.1 Å². The summed E-state index contributed by atoms with van der Waals surface area (Å²) in [5.41, 5.74) is 3.19. The molecule has 7 nitrogen and oxygen atoms in total. The highest BCUT2D eigenvalue weighted by molar-refractivity contribution is 7.89. The normalized spacial score (nSPS) is 20.7. The summed E-state index contributed by atoms with van der Waals surface area (Å²) in [7, 11) is -3.24. The van der Waals surface area contributed by atoms with E-state index >= 15 is 0 Å². The first kappa shape index (κ1) is 15.7. The molecule has 1 N–H and O–H groups in total. The molecule has 21 heavy (non-hydrogen) atoms. The lowest BCUT2D eigenvalue weighted by Crippen LogP contribution is -2.45. The number of amides is 1. The lowest BCUT2D eigenvalue weighted by molar-refractivity contribution is -0.126. The molecule has 8 heteroatoms. The van der Waals surface area contributed by atoms with Crippen molar-refractivity contribution in [3.05, 3.63) is 24.2 Å². The first-order chi connectivity index (χ1) is 10.0. The number of hydrogen-bond donors (Lipinski definition) is 1. The molecule has 0 unspecified atom stereocenters. The minimum atomic E-state index is -3.24. The smallest absolute Gasteiger partial charge is 0.244 e. The zero-order valence-electron chi connectivity index (χ0n) is 11.9. The van der Waals surface area contributed by atoms with Crippen molar-refractivity contribution in [2.75, 3.05) is 18.8 Å². The van der Waals surface area contributed by atoms with E-state index in [0.717, 1.165) is 5.56 Å². The van der Waals surface area contributed by atoms with Gasteiger partial charge in [-0.05, 0) is 25.8 Å². The number of nitrogens with one attached hydrogen (secondary N) is 1. The predicted molar refractivity (Wildman–Crippen MR) is 78.2 cm³/mol. The minimum absolute atomic E-state index is 0.0555. The summed E-state index contributed by atoms with van der Waals surface area (Å²) in [4.78, 5) is 12.0. The Morgan fingerprint density at radius 1 is 1.62 bits per heavy atom. The minimum Gasteiger partial charge on any atom is -0.472 e. The van der Waals surface area contributed by atoms with Crippen LogP contribution in [0.3, 0.4) is 0 Å². The zero-order chi connectivity index (χ0) is 15.3. The highest BCUT2D eigenvalue weighted by Gasteiger charge is 2.31. The van der Waals surface area contributed by atoms with Gasteiger partial charge < -0.3 is 4.42 Å². The van der Waals surface area contributed by atoms with Crippen LogP contribution in [-0.2, 0) is 14.8 Å². The number of carbonyl (C=O) groups is 1. The first-order valence-electron chi connectivity index (χ1n) is 6.86. The highest BCUT2D eigenvalue weighted by Crippen LogP contribution is 2.19. The lowest BCUT2D eigenvalue weighted by Gasteiger charge is -2.30. The Hall–Kier alpha value is -1.67. The molecular formula is C13H19N3O4S. The second-order valence-electron chi connectivity index (χ2n) is 4.89. The summed E-state index contributed by atoms with van der Waals surface area (Å²) in [6, 6.07) is 1.71. The van der Waals surface area contributed by atoms with E-state index in [9.17, 15) is 13.2 Å². The molecule has 0 spiro atoms. The number of furan rings is 1. The number of sulfonamides is 1. The predicted octanol–water partition coefficient (Wildman–Crippen LogP) is 0.791. The Kier molecular flexibility index (Phi) is 5.13. The van der Waals surface area contributed by atoms with Gasteiger partial charge in [-0.2, -0.15) is 5.10 Å². The van der Waals surface area contributed by atoms with Gasteiger partial charge in [-0.25, -0.2) is 18.1 Å². The standard InChI is InChI=1S/C13H19N3O4S/c1-2-21(18,19)16-6-3-4-12(9-16)13(17)15-14-8-11-5-7-20-10-11/h5,7-8,10,12H,2-4,6,9H2,1H3,(H,15,17)/b14-8-/t12-/m0/s1. The zero-order valence-corrected chi connectivity index (χ0v) is 12.7. The van der Waals surface area contributed by atoms with Gasteiger partial charge in [0.1, 0.15) is 0 Å². The van der Waals surface area contributed by atoms with E-state index in [1.165, 1.54) is 23.0 Å². The molecule has 2 heterocycles. The Labute approximate surface area is 124 Å². The van der Waals surface area contributed by atoms with Crippen LogP contribution in [0.1, 0.15) is 25.3 Å². The SMILES string of the molecule is CCS(=O)(=O)N1CCC[C@H](C(=O)N/N=C\c2ccoc2)C1. The molecule has 0 aliphatic carbocycles. The van der Waals surface area contributed by atoms with Gasteiger partial charge in [0.05, 0.1) is 30.4 Å². The summed E-state index contributed by atoms with van der Waals surface area (Å²) in [6.07, 6.45) is 5.85. The average molecular weight is 313 g/mol. The quantitative estimate of drug-likeness (QED) is 0.642. The van der Waals surface area contributed by atoms with E-state index in [0.29, 0.717) is 19.4 Å². The Morgan fingerprint density at radius 3 is 3.10 bits per heavy atom. The highest BCUT2D eigenvalue weighted by atomic mass is 32.2. The molecule has 0 aromatic carbocycles. The summed E-state index contributed by atoms with van der Waals surface area (Å²) in [6.45, 7) is 2.32. The van der Waals surface area contributed by atoms with E-state index in [1.807, 2.05) is 0 Å². The fourth-order valence-corrected chi connectivity index (χ4v) is 3.38. The van der Waals surface area contributed by atoms with Gasteiger partial charge in [-0.3, -0.25) is 4.79 Å². The van der Waals surface area contributed by atoms with Crippen molar-refractivity contribution in [1.29, 1.82) is 0 Å². The number of piperidine rings is 1. The Bertz CT molecular complexity index is 595. The molecule has 0 bridgehead atoms. The maximum absolute atomic E-state index is 12.0. The largest absolute Gasteiger partial charge is 0.472 e. The average Bonchev–Trinajstić information content (AvgIpc) is 3.00. The molecule has 116 valence electrons. The van der Waals surface area contributed by atoms with Crippen molar-refractivity contribution < 1.29 is 17.6 Å². The number of rotatable bonds is 5. The van der Waals surface area contributed by atoms with Crippen LogP contribution in [0.25, 0.3) is 0 Å². The third-order valence-electron chi connectivity index (χ3n) is 3.44. The number of nitrogens with zero attached hydrogens (tertiary/aromatic N) is 2. The number of hydrazone groups is 1. The molecule has 1 atom stereocenters. The molecule has 1 fully saturated rings. The summed E-state index contributed by atoms with van der Waals surface area (Å²) < 4.78 is 30.0. The molecule has 1 aromatic rings. The third kappa shape index (κ3) is 4.15. The van der Waals surface area contributed by atoms with E-state index < -0.39 is 10.0 Å². The monoisotopic (exact) mass is 313 g/mol. The summed E-state index contributed by atoms with van der Waals surface area (Å²) in [5.74, 6) is -0.563. The molecule has 2 rings (SSSR count). The van der Waals surface area contributed by atoms with Crippen LogP contribution in [0, 0.1) is 5.92 Å². The van der Waals surface area contributed by atoms with Gasteiger partial charge in [-0.1, -0.05) is 0 Å². The fraction of sp³-hybridized carbons (Fsp3) is 0.538. The van der Waals surface area contributed by atoms with Crippen LogP contribution in [-0.4, -0.2) is 43.7 Å². The van der Waals surface area contributed by atoms with E-state index in [2.05, 4.69) is 10.5 Å². The van der Waals surface area contributed by atoms with Gasteiger partial charge in [0.15, 0.2) is 0 Å². The second-order valence-corrected chi connectivity index (χ2v) is 7.15. The van der Waals surface area contributed by atoms with Crippen LogP contribution >= 0.6 is 0 Å². The number of carbonyl (C=O) groups excluding carboxylic acids is 1. The fourth-order valence-electron chi connectivity index (χ4n) is 2.20. The molecule has 1 aliphatic rings. The van der Waals surface area contributed by atoms with Gasteiger partial charge in [0.2, 0.25) is 15.9 Å². The van der Waals surface area contributed by atoms with Gasteiger partial charge in [0, 0.05) is 18.7 Å². The maximum atomic E-state index is 12.0. The third-order valence-corrected chi connectivity index (χ3v) is 5.29. The molecule has 0 saturated carbocycles. The van der Waals surface area contributed by atoms with E-state index in [-0.39, 0.29) is 24.1 Å². The van der Waals surface area contributed by atoms with Crippen molar-refractivity contribution in [3.8, 4) is 0 Å². The van der Waals surface area contributed by atoms with Crippen molar-refractivity contribution in [1.82, 2.24) is 9.73 Å². The first-order valence-corrected chi connectivity index (χ1v) is 8.47. The van der Waals surface area contributed by atoms with E-state index in [4.69, 9.17) is 4.42 Å². The molecular weight excluding hydrogens is 294 g/mol. The van der Waals surface area contributed by atoms with Gasteiger partial charge in [0.25, 0.3) is 0 Å². The topological polar surface area (TPSA) is 92.0 Å². The van der Waals surface area contributed by atoms with Crippen LogP contribution < -0.4 is 5.43 Å². The van der Waals surface area contributed by atoms with Crippen molar-refractivity contribution in [2.45, 2.75) is 19.8 Å². The Morgan fingerprint density at radius 2 is 2.43 bits per heavy atom. The molecule has 1 saturated heterocycles. The number of hydrogen-bond acceptors (Lipinski definition) is 5.